The Hall–Kier alpha value is -4.39. The number of allylic oxidation sites excluding steroid dienone is 3. The average Bonchev–Trinajstić information content (AvgIpc) is 3.18. The third-order valence-electron chi connectivity index (χ3n) is 6.11. The first-order chi connectivity index (χ1) is 18.5. The molecule has 1 atom stereocenters. The number of nitrogens with zero attached hydrogens (tertiary/aromatic N) is 3. The lowest BCUT2D eigenvalue weighted by atomic mass is 10.0. The number of nitrogens with one attached hydrogen (secondary N) is 2. The van der Waals surface area contributed by atoms with Crippen molar-refractivity contribution in [1.82, 2.24) is 15.4 Å². The summed E-state index contributed by atoms with van der Waals surface area (Å²) < 4.78 is 0. The minimum atomic E-state index is -0.348. The van der Waals surface area contributed by atoms with Crippen LogP contribution in [0.2, 0.25) is 0 Å². The molecule has 38 heavy (non-hydrogen) atoms. The van der Waals surface area contributed by atoms with Gasteiger partial charge in [-0.05, 0) is 56.2 Å². The van der Waals surface area contributed by atoms with Gasteiger partial charge in [0, 0.05) is 54.3 Å². The molecular weight excluding hydrogens is 482 g/mol. The fourth-order valence-corrected chi connectivity index (χ4v) is 4.15. The topological polar surface area (TPSA) is 120 Å². The quantitative estimate of drug-likeness (QED) is 0.207. The summed E-state index contributed by atoms with van der Waals surface area (Å²) in [5.41, 5.74) is 7.26. The lowest BCUT2D eigenvalue weighted by molar-refractivity contribution is -0.111. The maximum Gasteiger partial charge on any atom is 0.250 e. The van der Waals surface area contributed by atoms with Gasteiger partial charge in [-0.25, -0.2) is 9.97 Å². The van der Waals surface area contributed by atoms with E-state index in [0.29, 0.717) is 0 Å². The Balaban J connectivity index is 0.000000196. The standard InChI is InChI=1S/C19H20N2O2.C10H11N3O2/c22-16-9-11-21(12-10-16)15-6-4-5-14(13-15)19-17-7-2-1-3-8-18(17)20-23-19;1-8-5-6-11-10(12-8)13-9(15)4-2-3-7-14/h2,4-7,13,16,18,20,22H,8-12H2;2-7,14H,1H3,(H,11,12,13,15)/b;4-2+,7-3-. The summed E-state index contributed by atoms with van der Waals surface area (Å²) in [6, 6.07) is 10.3. The molecule has 4 N–H and O–H groups in total. The van der Waals surface area contributed by atoms with E-state index in [1.807, 2.05) is 19.1 Å². The molecule has 2 aliphatic heterocycles. The molecule has 9 heteroatoms. The molecule has 9 nitrogen and oxygen atoms in total. The van der Waals surface area contributed by atoms with Crippen molar-refractivity contribution in [2.45, 2.75) is 38.3 Å². The normalized spacial score (nSPS) is 18.8. The molecule has 196 valence electrons. The van der Waals surface area contributed by atoms with Gasteiger partial charge in [-0.3, -0.25) is 10.1 Å². The van der Waals surface area contributed by atoms with Crippen molar-refractivity contribution >= 4 is 23.3 Å². The summed E-state index contributed by atoms with van der Waals surface area (Å²) in [5.74, 6) is 6.93. The van der Waals surface area contributed by atoms with Gasteiger partial charge in [-0.1, -0.05) is 30.0 Å². The SMILES string of the molecule is Cc1ccnc(NC(=O)/C=C/C=C\O)n1.OC1CCN(c2cccc(C3=C4C=CC#CCC4NO3)c2)CC1. The van der Waals surface area contributed by atoms with E-state index in [1.165, 1.54) is 23.9 Å². The molecule has 1 unspecified atom stereocenters. The Labute approximate surface area is 222 Å². The van der Waals surface area contributed by atoms with E-state index in [9.17, 15) is 9.90 Å². The van der Waals surface area contributed by atoms with Gasteiger partial charge in [0.05, 0.1) is 18.4 Å². The molecule has 1 saturated heterocycles. The van der Waals surface area contributed by atoms with Crippen LogP contribution >= 0.6 is 0 Å². The number of rotatable bonds is 5. The summed E-state index contributed by atoms with van der Waals surface area (Å²) in [4.78, 5) is 27.1. The zero-order chi connectivity index (χ0) is 26.7. The number of anilines is 2. The predicted octanol–water partition coefficient (Wildman–Crippen LogP) is 3.58. The smallest absolute Gasteiger partial charge is 0.250 e. The first-order valence-corrected chi connectivity index (χ1v) is 12.5. The van der Waals surface area contributed by atoms with Crippen molar-refractivity contribution < 1.29 is 19.8 Å². The van der Waals surface area contributed by atoms with E-state index in [0.717, 1.165) is 61.2 Å². The molecule has 3 aliphatic rings. The van der Waals surface area contributed by atoms with Crippen LogP contribution in [-0.4, -0.2) is 51.3 Å². The van der Waals surface area contributed by atoms with E-state index >= 15 is 0 Å². The van der Waals surface area contributed by atoms with Crippen LogP contribution in [0.5, 0.6) is 0 Å². The van der Waals surface area contributed by atoms with Crippen LogP contribution < -0.4 is 15.7 Å². The number of aliphatic hydroxyl groups excluding tert-OH is 2. The van der Waals surface area contributed by atoms with Crippen molar-refractivity contribution in [2.75, 3.05) is 23.3 Å². The number of hydrogen-bond donors (Lipinski definition) is 4. The Bertz CT molecular complexity index is 1310. The highest BCUT2D eigenvalue weighted by Gasteiger charge is 2.27. The molecule has 1 fully saturated rings. The predicted molar refractivity (Wildman–Crippen MR) is 147 cm³/mol. The number of hydrogen-bond acceptors (Lipinski definition) is 8. The monoisotopic (exact) mass is 513 g/mol. The molecule has 5 rings (SSSR count). The molecule has 1 amide bonds. The second kappa shape index (κ2) is 13.2. The highest BCUT2D eigenvalue weighted by molar-refractivity contribution is 5.98. The Morgan fingerprint density at radius 3 is 2.89 bits per heavy atom. The van der Waals surface area contributed by atoms with Gasteiger partial charge in [-0.15, -0.1) is 5.48 Å². The van der Waals surface area contributed by atoms with E-state index in [4.69, 9.17) is 9.94 Å². The lowest BCUT2D eigenvalue weighted by Gasteiger charge is -2.31. The van der Waals surface area contributed by atoms with Crippen LogP contribution in [-0.2, 0) is 9.63 Å². The molecule has 3 heterocycles. The Kier molecular flexibility index (Phi) is 9.29. The number of aliphatic hydroxyl groups is 2. The fraction of sp³-hybridized carbons (Fsp3) is 0.276. The second-order valence-electron chi connectivity index (χ2n) is 8.90. The highest BCUT2D eigenvalue weighted by atomic mass is 16.7. The second-order valence-corrected chi connectivity index (χ2v) is 8.90. The Morgan fingerprint density at radius 1 is 1.26 bits per heavy atom. The first kappa shape index (κ1) is 26.7. The highest BCUT2D eigenvalue weighted by Crippen LogP contribution is 2.32. The molecular formula is C29H31N5O4. The number of fused-ring (bicyclic) bond motifs is 1. The van der Waals surface area contributed by atoms with Crippen LogP contribution in [0.4, 0.5) is 11.6 Å². The van der Waals surface area contributed by atoms with Gasteiger partial charge in [0.25, 0.3) is 5.91 Å². The zero-order valence-electron chi connectivity index (χ0n) is 21.2. The molecule has 0 spiro atoms. The van der Waals surface area contributed by atoms with Gasteiger partial charge in [-0.2, -0.15) is 0 Å². The van der Waals surface area contributed by atoms with Gasteiger partial charge in [0.15, 0.2) is 5.76 Å². The van der Waals surface area contributed by atoms with Crippen molar-refractivity contribution in [3.8, 4) is 11.8 Å². The number of amides is 1. The minimum Gasteiger partial charge on any atom is -0.516 e. The Morgan fingerprint density at radius 2 is 2.11 bits per heavy atom. The molecule has 1 aromatic carbocycles. The number of aryl methyl sites for hydroxylation is 1. The van der Waals surface area contributed by atoms with Crippen molar-refractivity contribution in [2.24, 2.45) is 0 Å². The largest absolute Gasteiger partial charge is 0.516 e. The molecule has 0 bridgehead atoms. The van der Waals surface area contributed by atoms with Gasteiger partial charge < -0.3 is 20.0 Å². The third-order valence-corrected chi connectivity index (χ3v) is 6.11. The van der Waals surface area contributed by atoms with E-state index in [1.54, 1.807) is 12.3 Å². The summed E-state index contributed by atoms with van der Waals surface area (Å²) >= 11 is 0. The maximum atomic E-state index is 11.2. The summed E-state index contributed by atoms with van der Waals surface area (Å²) in [6.07, 6.45) is 12.6. The van der Waals surface area contributed by atoms with Crippen LogP contribution in [0.1, 0.15) is 30.5 Å². The number of aromatic nitrogens is 2. The van der Waals surface area contributed by atoms with E-state index in [2.05, 4.69) is 61.8 Å². The number of carbonyl (C=O) groups excluding carboxylic acids is 1. The fourth-order valence-electron chi connectivity index (χ4n) is 4.15. The van der Waals surface area contributed by atoms with E-state index < -0.39 is 0 Å². The number of benzene rings is 1. The van der Waals surface area contributed by atoms with Crippen LogP contribution in [0, 0.1) is 18.8 Å². The van der Waals surface area contributed by atoms with Crippen molar-refractivity contribution in [3.05, 3.63) is 90.0 Å². The van der Waals surface area contributed by atoms with Gasteiger partial charge in [0.2, 0.25) is 5.95 Å². The molecule has 1 aromatic heterocycles. The van der Waals surface area contributed by atoms with Crippen LogP contribution in [0.25, 0.3) is 5.76 Å². The van der Waals surface area contributed by atoms with E-state index in [-0.39, 0.29) is 24.0 Å². The maximum absolute atomic E-state index is 11.2. The molecule has 0 radical (unpaired) electrons. The average molecular weight is 514 g/mol. The minimum absolute atomic E-state index is 0.144. The molecule has 0 saturated carbocycles. The summed E-state index contributed by atoms with van der Waals surface area (Å²) in [6.45, 7) is 3.60. The van der Waals surface area contributed by atoms with Gasteiger partial charge >= 0.3 is 0 Å². The van der Waals surface area contributed by atoms with Crippen molar-refractivity contribution in [1.29, 1.82) is 0 Å². The molecule has 1 aliphatic carbocycles. The lowest BCUT2D eigenvalue weighted by Crippen LogP contribution is -2.35. The third kappa shape index (κ3) is 7.32. The first-order valence-electron chi connectivity index (χ1n) is 12.5. The summed E-state index contributed by atoms with van der Waals surface area (Å²) in [7, 11) is 0. The zero-order valence-corrected chi connectivity index (χ0v) is 21.2. The van der Waals surface area contributed by atoms with Crippen molar-refractivity contribution in [3.63, 3.8) is 0 Å². The number of piperidine rings is 1. The molecule has 2 aromatic rings. The summed E-state index contributed by atoms with van der Waals surface area (Å²) in [5, 5.41) is 20.5. The van der Waals surface area contributed by atoms with Gasteiger partial charge in [0.1, 0.15) is 0 Å². The van der Waals surface area contributed by atoms with Crippen LogP contribution in [0.15, 0.2) is 78.7 Å². The number of carbonyl (C=O) groups is 1. The van der Waals surface area contributed by atoms with Crippen LogP contribution in [0.3, 0.4) is 0 Å². The number of hydroxylamine groups is 1.